The molecule has 0 aromatic heterocycles. The maximum Gasteiger partial charge on any atom is 0.326 e. The number of carboxylic acid groups (broad SMARTS) is 1. The average Bonchev–Trinajstić information content (AvgIpc) is 3.37. The maximum atomic E-state index is 12.7. The molecule has 0 bridgehead atoms. The summed E-state index contributed by atoms with van der Waals surface area (Å²) in [6.07, 6.45) is 15.7. The van der Waals surface area contributed by atoms with Gasteiger partial charge in [-0.2, -0.15) is 13.0 Å². The average molecular weight is 963 g/mol. The number of hydrogen-bond acceptors (Lipinski definition) is 7. The van der Waals surface area contributed by atoms with Gasteiger partial charge in [0.25, 0.3) is 10.1 Å². The van der Waals surface area contributed by atoms with E-state index in [1.807, 2.05) is 38.2 Å². The normalized spacial score (nSPS) is 20.3. The van der Waals surface area contributed by atoms with Crippen LogP contribution in [0.3, 0.4) is 0 Å². The van der Waals surface area contributed by atoms with Gasteiger partial charge in [-0.25, -0.2) is 13.2 Å². The lowest BCUT2D eigenvalue weighted by Gasteiger charge is -2.34. The highest BCUT2D eigenvalue weighted by Crippen LogP contribution is 2.52. The largest absolute Gasteiger partial charge is 0.744 e. The number of anilines is 1. The van der Waals surface area contributed by atoms with Crippen molar-refractivity contribution in [1.29, 1.82) is 0 Å². The van der Waals surface area contributed by atoms with E-state index in [9.17, 15) is 35.8 Å². The zero-order valence-electron chi connectivity index (χ0n) is 29.3. The second-order valence-electron chi connectivity index (χ2n) is 13.6. The fourth-order valence-electron chi connectivity index (χ4n) is 7.17. The van der Waals surface area contributed by atoms with E-state index in [2.05, 4.69) is 88.9 Å². The first kappa shape index (κ1) is 41.4. The summed E-state index contributed by atoms with van der Waals surface area (Å²) >= 11 is 4.74. The topological polar surface area (TPSA) is 155 Å². The van der Waals surface area contributed by atoms with Crippen molar-refractivity contribution < 1.29 is 40.4 Å². The number of carboxylic acids is 1. The minimum atomic E-state index is -4.82. The molecule has 0 saturated carbocycles. The van der Waals surface area contributed by atoms with Gasteiger partial charge in [-0.05, 0) is 121 Å². The van der Waals surface area contributed by atoms with Crippen molar-refractivity contribution in [2.45, 2.75) is 88.0 Å². The molecule has 2 aliphatic rings. The van der Waals surface area contributed by atoms with E-state index in [-0.39, 0.29) is 11.8 Å². The third kappa shape index (κ3) is 9.23. The molecule has 4 rings (SSSR count). The van der Waals surface area contributed by atoms with Crippen molar-refractivity contribution in [3.63, 3.8) is 0 Å². The summed E-state index contributed by atoms with van der Waals surface area (Å²) in [5.41, 5.74) is 4.00. The lowest BCUT2D eigenvalue weighted by molar-refractivity contribution is -0.401. The van der Waals surface area contributed by atoms with Crippen LogP contribution in [0.15, 0.2) is 83.5 Å². The zero-order chi connectivity index (χ0) is 37.9. The smallest absolute Gasteiger partial charge is 0.326 e. The van der Waals surface area contributed by atoms with E-state index in [1.165, 1.54) is 36.6 Å². The van der Waals surface area contributed by atoms with Crippen LogP contribution in [0.1, 0.15) is 77.3 Å². The molecular formula is C37H44I2N2O8S2. The van der Waals surface area contributed by atoms with Crippen molar-refractivity contribution in [2.24, 2.45) is 0 Å². The molecule has 2 aromatic carbocycles. The first-order valence-electron chi connectivity index (χ1n) is 16.6. The highest BCUT2D eigenvalue weighted by molar-refractivity contribution is 14.1. The minimum Gasteiger partial charge on any atom is -0.744 e. The van der Waals surface area contributed by atoms with Crippen molar-refractivity contribution in [3.05, 3.63) is 96.8 Å². The number of halogens is 2. The molecule has 2 aliphatic heterocycles. The molecule has 0 radical (unpaired) electrons. The number of unbranched alkanes of at least 4 members (excludes halogenated alkanes) is 2. The van der Waals surface area contributed by atoms with Crippen molar-refractivity contribution in [2.75, 3.05) is 17.7 Å². The molecular weight excluding hydrogens is 918 g/mol. The molecule has 0 aliphatic carbocycles. The summed E-state index contributed by atoms with van der Waals surface area (Å²) in [6.45, 7) is 8.23. The monoisotopic (exact) mass is 962 g/mol. The number of nitrogens with zero attached hydrogens (tertiary/aromatic N) is 2. The Balaban J connectivity index is 1.72. The van der Waals surface area contributed by atoms with Crippen LogP contribution in [0, 0.1) is 7.14 Å². The number of benzene rings is 2. The van der Waals surface area contributed by atoms with Crippen LogP contribution in [-0.4, -0.2) is 66.1 Å². The molecule has 10 nitrogen and oxygen atoms in total. The highest BCUT2D eigenvalue weighted by Gasteiger charge is 2.47. The number of allylic oxidation sites excluding steroid dienone is 8. The van der Waals surface area contributed by atoms with Crippen LogP contribution in [-0.2, 0) is 35.9 Å². The Kier molecular flexibility index (Phi) is 13.2. The molecule has 0 saturated heterocycles. The van der Waals surface area contributed by atoms with Gasteiger partial charge < -0.3 is 14.6 Å². The van der Waals surface area contributed by atoms with Gasteiger partial charge >= 0.3 is 5.97 Å². The Morgan fingerprint density at radius 2 is 1.67 bits per heavy atom. The minimum absolute atomic E-state index is 0.133. The highest BCUT2D eigenvalue weighted by atomic mass is 127. The van der Waals surface area contributed by atoms with Crippen molar-refractivity contribution in [3.8, 4) is 0 Å². The Labute approximate surface area is 328 Å². The van der Waals surface area contributed by atoms with Crippen LogP contribution in [0.25, 0.3) is 0 Å². The third-order valence-corrected chi connectivity index (χ3v) is 12.8. The molecule has 0 spiro atoms. The maximum absolute atomic E-state index is 12.7. The number of carbonyl (C=O) groups is 1. The predicted molar refractivity (Wildman–Crippen MR) is 217 cm³/mol. The lowest BCUT2D eigenvalue weighted by atomic mass is 9.77. The second-order valence-corrected chi connectivity index (χ2v) is 19.0. The van der Waals surface area contributed by atoms with Crippen LogP contribution in [0.4, 0.5) is 11.4 Å². The molecule has 14 heteroatoms. The Morgan fingerprint density at radius 1 is 1.00 bits per heavy atom. The summed E-state index contributed by atoms with van der Waals surface area (Å²) < 4.78 is 73.0. The van der Waals surface area contributed by atoms with Crippen LogP contribution in [0.2, 0.25) is 0 Å². The van der Waals surface area contributed by atoms with E-state index < -0.39 is 48.3 Å². The summed E-state index contributed by atoms with van der Waals surface area (Å²) in [7, 11) is -6.95. The van der Waals surface area contributed by atoms with Gasteiger partial charge in [0.2, 0.25) is 5.69 Å². The van der Waals surface area contributed by atoms with Gasteiger partial charge in [-0.15, -0.1) is 0 Å². The standard InChI is InChI=1S/C37H44I2N2O8S2/c1-6-7-15-30(35(42)43)41-29-19-18-26(51(47,48)49)24-27(29)37(4,20-13-14-21-50(44,45)46)33(41)17-12-10-8-9-11-16-32-36(2,3)34-28(39)22-25(38)23-31(34)40(32)5/h8-12,16-19,22-24,30H,6-7,13-15,20-21H2,1-5H3,(H2-,42,43,44,45,46,47,48,49). The van der Waals surface area contributed by atoms with Gasteiger partial charge in [0.15, 0.2) is 5.71 Å². The quantitative estimate of drug-likeness (QED) is 0.0598. The fourth-order valence-corrected chi connectivity index (χ4v) is 10.7. The molecule has 2 unspecified atom stereocenters. The molecule has 2 atom stereocenters. The van der Waals surface area contributed by atoms with E-state index in [1.54, 1.807) is 17.1 Å². The lowest BCUT2D eigenvalue weighted by Crippen LogP contribution is -2.41. The molecule has 2 aromatic rings. The van der Waals surface area contributed by atoms with E-state index in [0.29, 0.717) is 42.6 Å². The first-order valence-corrected chi connectivity index (χ1v) is 21.8. The predicted octanol–water partition coefficient (Wildman–Crippen LogP) is 7.84. The van der Waals surface area contributed by atoms with Crippen LogP contribution < -0.4 is 4.90 Å². The van der Waals surface area contributed by atoms with Crippen molar-refractivity contribution >= 4 is 88.5 Å². The molecule has 0 fully saturated rings. The first-order chi connectivity index (χ1) is 23.7. The van der Waals surface area contributed by atoms with Crippen LogP contribution in [0.5, 0.6) is 0 Å². The molecule has 0 amide bonds. The van der Waals surface area contributed by atoms with Gasteiger partial charge in [0, 0.05) is 36.1 Å². The summed E-state index contributed by atoms with van der Waals surface area (Å²) in [4.78, 5) is 14.0. The third-order valence-electron chi connectivity index (χ3n) is 9.67. The second kappa shape index (κ2) is 16.3. The summed E-state index contributed by atoms with van der Waals surface area (Å²) in [5, 5.41) is 10.4. The Morgan fingerprint density at radius 3 is 2.29 bits per heavy atom. The molecule has 51 heavy (non-hydrogen) atoms. The van der Waals surface area contributed by atoms with Crippen LogP contribution >= 0.6 is 45.2 Å². The van der Waals surface area contributed by atoms with Gasteiger partial charge in [0.05, 0.1) is 21.6 Å². The number of fused-ring (bicyclic) bond motifs is 2. The summed E-state index contributed by atoms with van der Waals surface area (Å²) in [6, 6.07) is 7.38. The van der Waals surface area contributed by atoms with E-state index in [4.69, 9.17) is 0 Å². The van der Waals surface area contributed by atoms with Gasteiger partial charge in [-0.1, -0.05) is 56.6 Å². The SMILES string of the molecule is CCCCC(C(=O)O)N1\C(=C/C=C/C=C/C=C/C2=[N+](C)c3cc(I)cc(I)c3C2(C)C)C(C)(CCCCS(=O)(=O)O)c2cc(S(=O)(=O)[O-])ccc21. The Bertz CT molecular complexity index is 2070. The number of rotatable bonds is 15. The van der Waals surface area contributed by atoms with Crippen molar-refractivity contribution in [1.82, 2.24) is 0 Å². The van der Waals surface area contributed by atoms with Gasteiger partial charge in [0.1, 0.15) is 23.2 Å². The number of aliphatic carboxylic acids is 1. The molecule has 276 valence electrons. The zero-order valence-corrected chi connectivity index (χ0v) is 35.2. The van der Waals surface area contributed by atoms with Gasteiger partial charge in [-0.3, -0.25) is 4.55 Å². The van der Waals surface area contributed by atoms with E-state index >= 15 is 0 Å². The fraction of sp³-hybridized carbons (Fsp3) is 0.405. The van der Waals surface area contributed by atoms with E-state index in [0.717, 1.165) is 12.1 Å². The Hall–Kier alpha value is -2.38. The number of hydrogen-bond donors (Lipinski definition) is 2. The molecule has 2 N–H and O–H groups in total. The molecule has 2 heterocycles. The summed E-state index contributed by atoms with van der Waals surface area (Å²) in [5.74, 6) is -1.49.